The highest BCUT2D eigenvalue weighted by Crippen LogP contribution is 2.30. The maximum Gasteiger partial charge on any atom is 0.416 e. The molecular formula is C26H24ClF5N2O3S. The molecule has 1 saturated heterocycles. The predicted octanol–water partition coefficient (Wildman–Crippen LogP) is 5.90. The number of ether oxygens (including phenoxy) is 1. The lowest BCUT2D eigenvalue weighted by atomic mass is 10.1. The van der Waals surface area contributed by atoms with Gasteiger partial charge in [0.15, 0.2) is 4.90 Å². The number of piperazine rings is 1. The van der Waals surface area contributed by atoms with E-state index in [1.54, 1.807) is 24.3 Å². The van der Waals surface area contributed by atoms with Gasteiger partial charge in [0.25, 0.3) is 0 Å². The Morgan fingerprint density at radius 1 is 0.868 bits per heavy atom. The van der Waals surface area contributed by atoms with Crippen LogP contribution in [-0.4, -0.2) is 50.3 Å². The quantitative estimate of drug-likeness (QED) is 0.314. The van der Waals surface area contributed by atoms with Crippen LogP contribution in [-0.2, 0) is 27.5 Å². The van der Waals surface area contributed by atoms with Crippen LogP contribution in [0.3, 0.4) is 0 Å². The molecule has 3 aromatic rings. The molecule has 1 fully saturated rings. The fourth-order valence-corrected chi connectivity index (χ4v) is 5.82. The zero-order chi connectivity index (χ0) is 27.5. The zero-order valence-corrected chi connectivity index (χ0v) is 21.5. The molecule has 0 amide bonds. The Bertz CT molecular complexity index is 1320. The van der Waals surface area contributed by atoms with E-state index in [1.807, 2.05) is 4.90 Å². The molecule has 0 bridgehead atoms. The van der Waals surface area contributed by atoms with E-state index in [1.165, 1.54) is 12.1 Å². The number of nitrogens with zero attached hydrogens (tertiary/aromatic N) is 2. The third kappa shape index (κ3) is 6.70. The number of sulfonamides is 1. The summed E-state index contributed by atoms with van der Waals surface area (Å²) in [5, 5.41) is 0.523. The second-order valence-electron chi connectivity index (χ2n) is 8.80. The molecule has 0 saturated carbocycles. The van der Waals surface area contributed by atoms with Gasteiger partial charge < -0.3 is 4.74 Å². The first kappa shape index (κ1) is 28.4. The molecule has 5 nitrogen and oxygen atoms in total. The number of hydrogen-bond donors (Lipinski definition) is 0. The minimum absolute atomic E-state index is 0.0162. The highest BCUT2D eigenvalue weighted by Gasteiger charge is 2.34. The van der Waals surface area contributed by atoms with Crippen molar-refractivity contribution in [3.8, 4) is 0 Å². The summed E-state index contributed by atoms with van der Waals surface area (Å²) in [5.74, 6) is -2.29. The fourth-order valence-electron chi connectivity index (χ4n) is 4.16. The van der Waals surface area contributed by atoms with Crippen molar-refractivity contribution in [3.63, 3.8) is 0 Å². The lowest BCUT2D eigenvalue weighted by Gasteiger charge is -2.36. The smallest absolute Gasteiger partial charge is 0.368 e. The fraction of sp³-hybridized carbons (Fsp3) is 0.308. The number of benzene rings is 3. The van der Waals surface area contributed by atoms with Crippen molar-refractivity contribution in [2.75, 3.05) is 32.7 Å². The van der Waals surface area contributed by atoms with Crippen molar-refractivity contribution in [3.05, 3.63) is 100 Å². The van der Waals surface area contributed by atoms with Crippen LogP contribution in [0.2, 0.25) is 5.02 Å². The second-order valence-corrected chi connectivity index (χ2v) is 11.1. The first-order valence-corrected chi connectivity index (χ1v) is 13.5. The highest BCUT2D eigenvalue weighted by molar-refractivity contribution is 7.89. The van der Waals surface area contributed by atoms with Gasteiger partial charge in [0.2, 0.25) is 10.0 Å². The SMILES string of the molecule is O=S(=O)(c1c(F)cccc1F)N1CCN(C[C@H](OCc2ccc(C(F)(F)F)cc2)c2ccc(Cl)cc2)CC1. The van der Waals surface area contributed by atoms with E-state index in [2.05, 4.69) is 0 Å². The van der Waals surface area contributed by atoms with Crippen LogP contribution in [0.15, 0.2) is 71.6 Å². The monoisotopic (exact) mass is 574 g/mol. The standard InChI is InChI=1S/C26H24ClF5N2O3S/c27-21-10-6-19(7-11-21)24(37-17-18-4-8-20(9-5-18)26(30,31)32)16-33-12-14-34(15-13-33)38(35,36)25-22(28)2-1-3-23(25)29/h1-11,24H,12-17H2/t24-/m0/s1. The molecule has 12 heteroatoms. The lowest BCUT2D eigenvalue weighted by Crippen LogP contribution is -2.49. The van der Waals surface area contributed by atoms with Crippen molar-refractivity contribution in [1.29, 1.82) is 0 Å². The van der Waals surface area contributed by atoms with Crippen LogP contribution in [0.1, 0.15) is 22.8 Å². The first-order chi connectivity index (χ1) is 17.9. The van der Waals surface area contributed by atoms with E-state index in [9.17, 15) is 30.4 Å². The topological polar surface area (TPSA) is 49.9 Å². The molecule has 0 N–H and O–H groups in total. The normalized spacial score (nSPS) is 16.5. The van der Waals surface area contributed by atoms with E-state index in [0.29, 0.717) is 17.1 Å². The Hall–Kier alpha value is -2.57. The van der Waals surface area contributed by atoms with Gasteiger partial charge in [-0.1, -0.05) is 41.9 Å². The van der Waals surface area contributed by atoms with Crippen LogP contribution in [0.4, 0.5) is 22.0 Å². The molecular weight excluding hydrogens is 551 g/mol. The largest absolute Gasteiger partial charge is 0.416 e. The lowest BCUT2D eigenvalue weighted by molar-refractivity contribution is -0.137. The third-order valence-corrected chi connectivity index (χ3v) is 8.45. The van der Waals surface area contributed by atoms with Crippen molar-refractivity contribution >= 4 is 21.6 Å². The Morgan fingerprint density at radius 3 is 2.00 bits per heavy atom. The summed E-state index contributed by atoms with van der Waals surface area (Å²) in [4.78, 5) is 0.989. The molecule has 3 aromatic carbocycles. The third-order valence-electron chi connectivity index (χ3n) is 6.25. The number of hydrogen-bond acceptors (Lipinski definition) is 4. The minimum atomic E-state index is -4.43. The Balaban J connectivity index is 1.43. The summed E-state index contributed by atoms with van der Waals surface area (Å²) < 4.78 is 99.7. The Morgan fingerprint density at radius 2 is 1.45 bits per heavy atom. The first-order valence-electron chi connectivity index (χ1n) is 11.6. The summed E-state index contributed by atoms with van der Waals surface area (Å²) in [6, 6.07) is 14.5. The molecule has 0 spiro atoms. The van der Waals surface area contributed by atoms with Crippen LogP contribution in [0.5, 0.6) is 0 Å². The molecule has 1 atom stereocenters. The van der Waals surface area contributed by atoms with Crippen LogP contribution in [0, 0.1) is 11.6 Å². The molecule has 0 aromatic heterocycles. The van der Waals surface area contributed by atoms with Gasteiger partial charge in [-0.05, 0) is 47.5 Å². The van der Waals surface area contributed by atoms with Crippen molar-refractivity contribution < 1.29 is 35.1 Å². The van der Waals surface area contributed by atoms with Crippen molar-refractivity contribution in [2.24, 2.45) is 0 Å². The molecule has 38 heavy (non-hydrogen) atoms. The van der Waals surface area contributed by atoms with Gasteiger partial charge in [-0.25, -0.2) is 17.2 Å². The van der Waals surface area contributed by atoms with Crippen molar-refractivity contribution in [2.45, 2.75) is 23.8 Å². The maximum atomic E-state index is 14.1. The molecule has 1 aliphatic rings. The van der Waals surface area contributed by atoms with Gasteiger partial charge in [0.1, 0.15) is 11.6 Å². The average Bonchev–Trinajstić information content (AvgIpc) is 2.87. The average molecular weight is 575 g/mol. The second kappa shape index (κ2) is 11.7. The molecule has 204 valence electrons. The van der Waals surface area contributed by atoms with Crippen molar-refractivity contribution in [1.82, 2.24) is 9.21 Å². The predicted molar refractivity (Wildman–Crippen MR) is 132 cm³/mol. The zero-order valence-electron chi connectivity index (χ0n) is 20.0. The summed E-state index contributed by atoms with van der Waals surface area (Å²) >= 11 is 6.01. The maximum absolute atomic E-state index is 14.1. The number of rotatable bonds is 8. The van der Waals surface area contributed by atoms with Gasteiger partial charge in [-0.15, -0.1) is 0 Å². The van der Waals surface area contributed by atoms with Gasteiger partial charge in [0.05, 0.1) is 18.3 Å². The summed E-state index contributed by atoms with van der Waals surface area (Å²) in [7, 11) is -4.36. The molecule has 1 aliphatic heterocycles. The minimum Gasteiger partial charge on any atom is -0.368 e. The summed E-state index contributed by atoms with van der Waals surface area (Å²) in [6.07, 6.45) is -4.93. The van der Waals surface area contributed by atoms with Crippen LogP contribution in [0.25, 0.3) is 0 Å². The van der Waals surface area contributed by atoms with Gasteiger partial charge in [-0.3, -0.25) is 4.90 Å². The van der Waals surface area contributed by atoms with Crippen LogP contribution < -0.4 is 0 Å². The summed E-state index contributed by atoms with van der Waals surface area (Å²) in [6.45, 7) is 0.993. The highest BCUT2D eigenvalue weighted by atomic mass is 35.5. The molecule has 4 rings (SSSR count). The van der Waals surface area contributed by atoms with Gasteiger partial charge in [-0.2, -0.15) is 17.5 Å². The summed E-state index contributed by atoms with van der Waals surface area (Å²) in [5.41, 5.74) is 0.586. The number of halogens is 6. The van der Waals surface area contributed by atoms with Crippen LogP contribution >= 0.6 is 11.6 Å². The number of alkyl halides is 3. The van der Waals surface area contributed by atoms with E-state index >= 15 is 0 Å². The van der Waals surface area contributed by atoms with E-state index in [-0.39, 0.29) is 32.8 Å². The van der Waals surface area contributed by atoms with Gasteiger partial charge >= 0.3 is 6.18 Å². The molecule has 0 unspecified atom stereocenters. The molecule has 0 radical (unpaired) electrons. The van der Waals surface area contributed by atoms with E-state index < -0.39 is 44.4 Å². The van der Waals surface area contributed by atoms with Gasteiger partial charge in [0, 0.05) is 37.7 Å². The molecule has 0 aliphatic carbocycles. The van der Waals surface area contributed by atoms with E-state index in [0.717, 1.165) is 40.2 Å². The van der Waals surface area contributed by atoms with E-state index in [4.69, 9.17) is 16.3 Å². The Kier molecular flexibility index (Phi) is 8.73. The molecule has 1 heterocycles. The Labute approximate surface area is 222 Å².